The molecule has 0 fully saturated rings. The summed E-state index contributed by atoms with van der Waals surface area (Å²) >= 11 is 1.79. The molecule has 0 aromatic carbocycles. The topological polar surface area (TPSA) is 37.3 Å². The van der Waals surface area contributed by atoms with Crippen molar-refractivity contribution in [2.45, 2.75) is 44.8 Å². The average molecular weight is 190 g/mol. The normalized spacial score (nSPS) is 12.8. The fraction of sp³-hybridized carbons (Fsp3) is 0.889. The zero-order valence-electron chi connectivity index (χ0n) is 7.88. The van der Waals surface area contributed by atoms with Crippen molar-refractivity contribution < 1.29 is 9.90 Å². The Kier molecular flexibility index (Phi) is 7.36. The highest BCUT2D eigenvalue weighted by Crippen LogP contribution is 2.20. The zero-order valence-corrected chi connectivity index (χ0v) is 8.69. The van der Waals surface area contributed by atoms with E-state index in [1.54, 1.807) is 11.8 Å². The van der Waals surface area contributed by atoms with Crippen molar-refractivity contribution in [1.82, 2.24) is 0 Å². The van der Waals surface area contributed by atoms with Crippen LogP contribution in [0, 0.1) is 0 Å². The Balaban J connectivity index is 3.61. The lowest BCUT2D eigenvalue weighted by molar-refractivity contribution is -0.137. The molecule has 0 aliphatic carbocycles. The second kappa shape index (κ2) is 7.47. The summed E-state index contributed by atoms with van der Waals surface area (Å²) in [5, 5.41) is 8.92. The number of carboxylic acids is 1. The van der Waals surface area contributed by atoms with Gasteiger partial charge in [-0.3, -0.25) is 4.79 Å². The molecule has 0 spiro atoms. The molecular formula is C9H18O2S. The molecule has 1 unspecified atom stereocenters. The Labute approximate surface area is 78.7 Å². The summed E-state index contributed by atoms with van der Waals surface area (Å²) in [6, 6.07) is 0. The smallest absolute Gasteiger partial charge is 0.304 e. The molecule has 1 atom stereocenters. The molecule has 12 heavy (non-hydrogen) atoms. The molecule has 3 heteroatoms. The highest BCUT2D eigenvalue weighted by molar-refractivity contribution is 7.99. The predicted octanol–water partition coefficient (Wildman–Crippen LogP) is 2.77. The molecule has 0 saturated heterocycles. The lowest BCUT2D eigenvalue weighted by Gasteiger charge is -2.11. The highest BCUT2D eigenvalue weighted by Gasteiger charge is 2.11. The molecule has 2 nitrogen and oxygen atoms in total. The predicted molar refractivity (Wildman–Crippen MR) is 53.7 cm³/mol. The standard InChI is InChI=1S/C9H18O2S/c1-3-5-8(7-9(10)11)12-6-4-2/h8H,3-7H2,1-2H3,(H,10,11). The zero-order chi connectivity index (χ0) is 9.40. The number of thioether (sulfide) groups is 1. The minimum absolute atomic E-state index is 0.318. The van der Waals surface area contributed by atoms with Crippen LogP contribution in [0.1, 0.15) is 39.5 Å². The summed E-state index contributed by atoms with van der Waals surface area (Å²) in [6.07, 6.45) is 3.55. The molecule has 0 rings (SSSR count). The van der Waals surface area contributed by atoms with E-state index in [1.807, 2.05) is 0 Å². The molecule has 0 saturated carbocycles. The molecule has 0 aromatic rings. The van der Waals surface area contributed by atoms with Gasteiger partial charge in [0.15, 0.2) is 0 Å². The van der Waals surface area contributed by atoms with Crippen molar-refractivity contribution in [2.24, 2.45) is 0 Å². The number of carbonyl (C=O) groups is 1. The first-order valence-corrected chi connectivity index (χ1v) is 5.59. The van der Waals surface area contributed by atoms with E-state index in [-0.39, 0.29) is 0 Å². The molecule has 0 heterocycles. The van der Waals surface area contributed by atoms with Crippen molar-refractivity contribution in [2.75, 3.05) is 5.75 Å². The highest BCUT2D eigenvalue weighted by atomic mass is 32.2. The Morgan fingerprint density at radius 2 is 2.08 bits per heavy atom. The fourth-order valence-corrected chi connectivity index (χ4v) is 2.28. The first-order chi connectivity index (χ1) is 5.70. The van der Waals surface area contributed by atoms with Gasteiger partial charge in [-0.05, 0) is 18.6 Å². The van der Waals surface area contributed by atoms with E-state index in [1.165, 1.54) is 0 Å². The van der Waals surface area contributed by atoms with E-state index in [0.29, 0.717) is 11.7 Å². The first kappa shape index (κ1) is 11.8. The molecule has 0 aliphatic heterocycles. The number of hydrogen-bond donors (Lipinski definition) is 1. The third-order valence-corrected chi connectivity index (χ3v) is 3.09. The summed E-state index contributed by atoms with van der Waals surface area (Å²) in [6.45, 7) is 4.22. The number of rotatable bonds is 7. The van der Waals surface area contributed by atoms with Gasteiger partial charge in [0, 0.05) is 5.25 Å². The summed E-state index contributed by atoms with van der Waals surface area (Å²) in [5.74, 6) is 0.412. The SMILES string of the molecule is CCCSC(CCC)CC(=O)O. The fourth-order valence-electron chi connectivity index (χ4n) is 1.05. The molecule has 0 radical (unpaired) electrons. The van der Waals surface area contributed by atoms with Gasteiger partial charge in [-0.2, -0.15) is 11.8 Å². The molecule has 0 aliphatic rings. The first-order valence-electron chi connectivity index (χ1n) is 4.54. The van der Waals surface area contributed by atoms with Gasteiger partial charge in [0.2, 0.25) is 0 Å². The Bertz CT molecular complexity index is 126. The van der Waals surface area contributed by atoms with E-state index in [4.69, 9.17) is 5.11 Å². The van der Waals surface area contributed by atoms with Gasteiger partial charge in [-0.25, -0.2) is 0 Å². The van der Waals surface area contributed by atoms with E-state index in [0.717, 1.165) is 25.0 Å². The maximum atomic E-state index is 10.4. The van der Waals surface area contributed by atoms with Crippen molar-refractivity contribution in [3.05, 3.63) is 0 Å². The average Bonchev–Trinajstić information content (AvgIpc) is 2.00. The molecule has 1 N–H and O–H groups in total. The Morgan fingerprint density at radius 3 is 2.50 bits per heavy atom. The van der Waals surface area contributed by atoms with Crippen LogP contribution in [0.3, 0.4) is 0 Å². The van der Waals surface area contributed by atoms with Gasteiger partial charge < -0.3 is 5.11 Å². The van der Waals surface area contributed by atoms with Gasteiger partial charge >= 0.3 is 5.97 Å². The Morgan fingerprint density at radius 1 is 1.42 bits per heavy atom. The van der Waals surface area contributed by atoms with Crippen molar-refractivity contribution in [3.8, 4) is 0 Å². The second-order valence-electron chi connectivity index (χ2n) is 2.88. The maximum absolute atomic E-state index is 10.4. The van der Waals surface area contributed by atoms with Crippen LogP contribution >= 0.6 is 11.8 Å². The van der Waals surface area contributed by atoms with Crippen LogP contribution in [-0.2, 0) is 4.79 Å². The van der Waals surface area contributed by atoms with Gasteiger partial charge in [0.25, 0.3) is 0 Å². The van der Waals surface area contributed by atoms with Gasteiger partial charge in [0.05, 0.1) is 6.42 Å². The van der Waals surface area contributed by atoms with Crippen molar-refractivity contribution in [3.63, 3.8) is 0 Å². The molecule has 0 amide bonds. The number of hydrogen-bond acceptors (Lipinski definition) is 2. The lowest BCUT2D eigenvalue weighted by Crippen LogP contribution is -2.10. The monoisotopic (exact) mass is 190 g/mol. The van der Waals surface area contributed by atoms with E-state index in [9.17, 15) is 4.79 Å². The second-order valence-corrected chi connectivity index (χ2v) is 4.29. The van der Waals surface area contributed by atoms with Crippen LogP contribution in [0.15, 0.2) is 0 Å². The maximum Gasteiger partial charge on any atom is 0.304 e. The quantitative estimate of drug-likeness (QED) is 0.670. The van der Waals surface area contributed by atoms with E-state index in [2.05, 4.69) is 13.8 Å². The van der Waals surface area contributed by atoms with Crippen LogP contribution in [0.5, 0.6) is 0 Å². The van der Waals surface area contributed by atoms with Crippen molar-refractivity contribution in [1.29, 1.82) is 0 Å². The van der Waals surface area contributed by atoms with Crippen LogP contribution in [0.25, 0.3) is 0 Å². The van der Waals surface area contributed by atoms with Gasteiger partial charge in [-0.15, -0.1) is 0 Å². The van der Waals surface area contributed by atoms with E-state index < -0.39 is 5.97 Å². The summed E-state index contributed by atoms with van der Waals surface area (Å²) in [5.41, 5.74) is 0. The number of carboxylic acid groups (broad SMARTS) is 1. The van der Waals surface area contributed by atoms with Crippen LogP contribution < -0.4 is 0 Å². The Hall–Kier alpha value is -0.180. The van der Waals surface area contributed by atoms with Gasteiger partial charge in [0.1, 0.15) is 0 Å². The van der Waals surface area contributed by atoms with Crippen LogP contribution in [-0.4, -0.2) is 22.1 Å². The summed E-state index contributed by atoms with van der Waals surface area (Å²) < 4.78 is 0. The van der Waals surface area contributed by atoms with Crippen LogP contribution in [0.2, 0.25) is 0 Å². The van der Waals surface area contributed by atoms with Crippen LogP contribution in [0.4, 0.5) is 0 Å². The lowest BCUT2D eigenvalue weighted by atomic mass is 10.2. The third-order valence-electron chi connectivity index (χ3n) is 1.57. The van der Waals surface area contributed by atoms with E-state index >= 15 is 0 Å². The summed E-state index contributed by atoms with van der Waals surface area (Å²) in [7, 11) is 0. The largest absolute Gasteiger partial charge is 0.481 e. The minimum atomic E-state index is -0.669. The van der Waals surface area contributed by atoms with Crippen molar-refractivity contribution >= 4 is 17.7 Å². The molecule has 72 valence electrons. The van der Waals surface area contributed by atoms with Gasteiger partial charge in [-0.1, -0.05) is 20.3 Å². The molecule has 0 aromatic heterocycles. The molecular weight excluding hydrogens is 172 g/mol. The minimum Gasteiger partial charge on any atom is -0.481 e. The summed E-state index contributed by atoms with van der Waals surface area (Å²) in [4.78, 5) is 10.4. The number of aliphatic carboxylic acids is 1. The third kappa shape index (κ3) is 6.53. The molecule has 0 bridgehead atoms.